The summed E-state index contributed by atoms with van der Waals surface area (Å²) in [7, 11) is 1.88. The molecular weight excluding hydrogens is 249 g/mol. The fraction of sp³-hybridized carbons (Fsp3) is 0.200. The van der Waals surface area contributed by atoms with Gasteiger partial charge in [-0.15, -0.1) is 10.2 Å². The predicted octanol–water partition coefficient (Wildman–Crippen LogP) is 3.01. The van der Waals surface area contributed by atoms with Crippen molar-refractivity contribution in [1.82, 2.24) is 10.2 Å². The fourth-order valence-corrected chi connectivity index (χ4v) is 1.71. The highest BCUT2D eigenvalue weighted by Crippen LogP contribution is 2.25. The zero-order valence-corrected chi connectivity index (χ0v) is 10.0. The van der Waals surface area contributed by atoms with Gasteiger partial charge in [0.1, 0.15) is 5.76 Å². The maximum atomic E-state index is 5.93. The second-order valence-corrected chi connectivity index (χ2v) is 4.02. The van der Waals surface area contributed by atoms with Crippen LogP contribution in [0.1, 0.15) is 5.76 Å². The first-order valence-corrected chi connectivity index (χ1v) is 5.34. The van der Waals surface area contributed by atoms with Crippen LogP contribution >= 0.6 is 23.2 Å². The summed E-state index contributed by atoms with van der Waals surface area (Å²) < 4.78 is 5.24. The van der Waals surface area contributed by atoms with Gasteiger partial charge in [-0.2, -0.15) is 0 Å². The summed E-state index contributed by atoms with van der Waals surface area (Å²) in [6.07, 6.45) is 1.63. The SMILES string of the molecule is CN(Cc1ccco1)c1cc(Cl)nnc1Cl. The lowest BCUT2D eigenvalue weighted by Gasteiger charge is -2.18. The monoisotopic (exact) mass is 257 g/mol. The average molecular weight is 258 g/mol. The molecule has 0 unspecified atom stereocenters. The number of anilines is 1. The molecule has 0 atom stereocenters. The summed E-state index contributed by atoms with van der Waals surface area (Å²) in [5.74, 6) is 0.839. The van der Waals surface area contributed by atoms with Gasteiger partial charge < -0.3 is 9.32 Å². The quantitative estimate of drug-likeness (QED) is 0.848. The van der Waals surface area contributed by atoms with Gasteiger partial charge in [-0.3, -0.25) is 0 Å². The van der Waals surface area contributed by atoms with E-state index in [4.69, 9.17) is 27.6 Å². The maximum absolute atomic E-state index is 5.93. The zero-order valence-electron chi connectivity index (χ0n) is 8.52. The molecule has 0 bridgehead atoms. The van der Waals surface area contributed by atoms with Crippen LogP contribution in [0, 0.1) is 0 Å². The lowest BCUT2D eigenvalue weighted by Crippen LogP contribution is -2.17. The van der Waals surface area contributed by atoms with E-state index in [9.17, 15) is 0 Å². The van der Waals surface area contributed by atoms with Gasteiger partial charge in [-0.25, -0.2) is 0 Å². The van der Waals surface area contributed by atoms with Crippen molar-refractivity contribution >= 4 is 28.9 Å². The normalized spacial score (nSPS) is 10.4. The molecular formula is C10H9Cl2N3O. The molecule has 0 aliphatic rings. The second kappa shape index (κ2) is 4.72. The third-order valence-electron chi connectivity index (χ3n) is 2.08. The third kappa shape index (κ3) is 2.46. The van der Waals surface area contributed by atoms with Crippen LogP contribution in [0.4, 0.5) is 5.69 Å². The van der Waals surface area contributed by atoms with Crippen molar-refractivity contribution in [2.75, 3.05) is 11.9 Å². The lowest BCUT2D eigenvalue weighted by atomic mass is 10.3. The van der Waals surface area contributed by atoms with Crippen molar-refractivity contribution in [3.8, 4) is 0 Å². The van der Waals surface area contributed by atoms with Gasteiger partial charge >= 0.3 is 0 Å². The summed E-state index contributed by atoms with van der Waals surface area (Å²) in [4.78, 5) is 1.89. The Hall–Kier alpha value is -1.26. The Kier molecular flexibility index (Phi) is 3.31. The van der Waals surface area contributed by atoms with Crippen LogP contribution in [0.15, 0.2) is 28.9 Å². The molecule has 84 valence electrons. The van der Waals surface area contributed by atoms with Gasteiger partial charge in [0.15, 0.2) is 10.3 Å². The minimum absolute atomic E-state index is 0.311. The van der Waals surface area contributed by atoms with Crippen LogP contribution in [-0.2, 0) is 6.54 Å². The minimum atomic E-state index is 0.311. The number of hydrogen-bond donors (Lipinski definition) is 0. The van der Waals surface area contributed by atoms with E-state index in [0.29, 0.717) is 16.9 Å². The molecule has 2 aromatic rings. The lowest BCUT2D eigenvalue weighted by molar-refractivity contribution is 0.507. The van der Waals surface area contributed by atoms with Crippen molar-refractivity contribution in [3.05, 3.63) is 40.5 Å². The molecule has 0 aromatic carbocycles. The molecule has 0 amide bonds. The van der Waals surface area contributed by atoms with E-state index in [0.717, 1.165) is 11.4 Å². The van der Waals surface area contributed by atoms with Gasteiger partial charge in [-0.1, -0.05) is 23.2 Å². The van der Waals surface area contributed by atoms with E-state index in [2.05, 4.69) is 10.2 Å². The van der Waals surface area contributed by atoms with Crippen molar-refractivity contribution < 1.29 is 4.42 Å². The summed E-state index contributed by atoms with van der Waals surface area (Å²) >= 11 is 11.7. The van der Waals surface area contributed by atoms with Crippen LogP contribution in [0.25, 0.3) is 0 Å². The molecule has 0 radical (unpaired) electrons. The van der Waals surface area contributed by atoms with Gasteiger partial charge in [-0.05, 0) is 12.1 Å². The zero-order chi connectivity index (χ0) is 11.5. The second-order valence-electron chi connectivity index (χ2n) is 3.28. The van der Waals surface area contributed by atoms with E-state index in [1.807, 2.05) is 24.1 Å². The minimum Gasteiger partial charge on any atom is -0.467 e. The molecule has 2 aromatic heterocycles. The molecule has 0 fully saturated rings. The standard InChI is InChI=1S/C10H9Cl2N3O/c1-15(6-7-3-2-4-16-7)8-5-9(11)13-14-10(8)12/h2-5H,6H2,1H3. The number of halogens is 2. The van der Waals surface area contributed by atoms with Crippen molar-refractivity contribution in [3.63, 3.8) is 0 Å². The van der Waals surface area contributed by atoms with Gasteiger partial charge in [0.05, 0.1) is 18.5 Å². The van der Waals surface area contributed by atoms with Crippen molar-refractivity contribution in [2.24, 2.45) is 0 Å². The van der Waals surface area contributed by atoms with Crippen molar-refractivity contribution in [2.45, 2.75) is 6.54 Å². The van der Waals surface area contributed by atoms with Gasteiger partial charge in [0.25, 0.3) is 0 Å². The Morgan fingerprint density at radius 1 is 1.38 bits per heavy atom. The highest BCUT2D eigenvalue weighted by molar-refractivity contribution is 6.33. The average Bonchev–Trinajstić information content (AvgIpc) is 2.74. The van der Waals surface area contributed by atoms with Crippen molar-refractivity contribution in [1.29, 1.82) is 0 Å². The largest absolute Gasteiger partial charge is 0.467 e. The number of rotatable bonds is 3. The molecule has 16 heavy (non-hydrogen) atoms. The number of aromatic nitrogens is 2. The first kappa shape index (κ1) is 11.2. The molecule has 0 aliphatic heterocycles. The molecule has 6 heteroatoms. The van der Waals surface area contributed by atoms with E-state index in [1.54, 1.807) is 12.3 Å². The molecule has 0 aliphatic carbocycles. The Balaban J connectivity index is 2.20. The summed E-state index contributed by atoms with van der Waals surface area (Å²) in [5, 5.41) is 8.02. The number of furan rings is 1. The molecule has 4 nitrogen and oxygen atoms in total. The summed E-state index contributed by atoms with van der Waals surface area (Å²) in [6.45, 7) is 0.592. The van der Waals surface area contributed by atoms with E-state index in [1.165, 1.54) is 0 Å². The van der Waals surface area contributed by atoms with Crippen LogP contribution in [0.5, 0.6) is 0 Å². The highest BCUT2D eigenvalue weighted by atomic mass is 35.5. The molecule has 0 N–H and O–H groups in total. The van der Waals surface area contributed by atoms with E-state index >= 15 is 0 Å². The van der Waals surface area contributed by atoms with Gasteiger partial charge in [0.2, 0.25) is 0 Å². The molecule has 0 saturated heterocycles. The first-order chi connectivity index (χ1) is 7.66. The highest BCUT2D eigenvalue weighted by Gasteiger charge is 2.10. The Bertz CT molecular complexity index is 473. The smallest absolute Gasteiger partial charge is 0.175 e. The Morgan fingerprint density at radius 3 is 2.88 bits per heavy atom. The van der Waals surface area contributed by atoms with Crippen LogP contribution in [0.2, 0.25) is 10.3 Å². The van der Waals surface area contributed by atoms with Crippen LogP contribution in [0.3, 0.4) is 0 Å². The number of hydrogen-bond acceptors (Lipinski definition) is 4. The van der Waals surface area contributed by atoms with E-state index < -0.39 is 0 Å². The van der Waals surface area contributed by atoms with Crippen LogP contribution in [-0.4, -0.2) is 17.2 Å². The topological polar surface area (TPSA) is 42.2 Å². The number of nitrogens with zero attached hydrogens (tertiary/aromatic N) is 3. The molecule has 2 rings (SSSR count). The molecule has 0 saturated carbocycles. The Morgan fingerprint density at radius 2 is 2.19 bits per heavy atom. The fourth-order valence-electron chi connectivity index (χ4n) is 1.33. The summed E-state index contributed by atoms with van der Waals surface area (Å²) in [5.41, 5.74) is 0.720. The molecule has 2 heterocycles. The molecule has 0 spiro atoms. The first-order valence-electron chi connectivity index (χ1n) is 4.59. The Labute approximate surface area is 103 Å². The van der Waals surface area contributed by atoms with Gasteiger partial charge in [0, 0.05) is 13.1 Å². The summed E-state index contributed by atoms with van der Waals surface area (Å²) in [6, 6.07) is 5.39. The van der Waals surface area contributed by atoms with Crippen LogP contribution < -0.4 is 4.90 Å². The maximum Gasteiger partial charge on any atom is 0.175 e. The third-order valence-corrected chi connectivity index (χ3v) is 2.54. The predicted molar refractivity (Wildman–Crippen MR) is 62.9 cm³/mol. The van der Waals surface area contributed by atoms with E-state index in [-0.39, 0.29) is 0 Å².